The molecule has 118 valence electrons. The number of aryl methyl sites for hydroxylation is 1. The zero-order valence-corrected chi connectivity index (χ0v) is 13.7. The summed E-state index contributed by atoms with van der Waals surface area (Å²) in [5.74, 6) is -0.196. The largest absolute Gasteiger partial charge is 0.462 e. The molecular formula is C19H30O2. The maximum Gasteiger partial charge on any atom is 0.338 e. The van der Waals surface area contributed by atoms with E-state index in [2.05, 4.69) is 6.92 Å². The molecule has 21 heavy (non-hydrogen) atoms. The maximum atomic E-state index is 11.8. The predicted octanol–water partition coefficient (Wildman–Crippen LogP) is 5.68. The first kappa shape index (κ1) is 17.7. The van der Waals surface area contributed by atoms with Gasteiger partial charge >= 0.3 is 5.97 Å². The van der Waals surface area contributed by atoms with E-state index < -0.39 is 0 Å². The molecule has 2 nitrogen and oxygen atoms in total. The number of unbranched alkanes of at least 4 members (excludes halogenated alkanes) is 8. The summed E-state index contributed by atoms with van der Waals surface area (Å²) >= 11 is 0. The summed E-state index contributed by atoms with van der Waals surface area (Å²) in [5, 5.41) is 0. The van der Waals surface area contributed by atoms with Gasteiger partial charge in [-0.05, 0) is 25.5 Å². The molecule has 0 fully saturated rings. The monoisotopic (exact) mass is 290 g/mol. The van der Waals surface area contributed by atoms with Crippen LogP contribution in [0.25, 0.3) is 0 Å². The van der Waals surface area contributed by atoms with Crippen molar-refractivity contribution in [2.24, 2.45) is 0 Å². The second-order valence-corrected chi connectivity index (χ2v) is 5.83. The van der Waals surface area contributed by atoms with E-state index in [9.17, 15) is 4.79 Å². The van der Waals surface area contributed by atoms with Crippen molar-refractivity contribution in [3.63, 3.8) is 0 Å². The fourth-order valence-electron chi connectivity index (χ4n) is 2.43. The van der Waals surface area contributed by atoms with Gasteiger partial charge in [0.2, 0.25) is 0 Å². The molecule has 1 aromatic rings. The fraction of sp³-hybridized carbons (Fsp3) is 0.632. The van der Waals surface area contributed by atoms with Gasteiger partial charge < -0.3 is 4.74 Å². The smallest absolute Gasteiger partial charge is 0.338 e. The second-order valence-electron chi connectivity index (χ2n) is 5.83. The molecule has 0 bridgehead atoms. The number of benzene rings is 1. The van der Waals surface area contributed by atoms with Gasteiger partial charge in [0.25, 0.3) is 0 Å². The third-order valence-corrected chi connectivity index (χ3v) is 3.73. The van der Waals surface area contributed by atoms with Crippen LogP contribution in [0.5, 0.6) is 0 Å². The van der Waals surface area contributed by atoms with Gasteiger partial charge in [-0.25, -0.2) is 4.79 Å². The number of esters is 1. The Kier molecular flexibility index (Phi) is 9.60. The van der Waals surface area contributed by atoms with Crippen molar-refractivity contribution in [3.8, 4) is 0 Å². The molecule has 0 amide bonds. The zero-order valence-electron chi connectivity index (χ0n) is 13.7. The Morgan fingerprint density at radius 2 is 1.57 bits per heavy atom. The summed E-state index contributed by atoms with van der Waals surface area (Å²) in [6.45, 7) is 4.78. The highest BCUT2D eigenvalue weighted by atomic mass is 16.5. The summed E-state index contributed by atoms with van der Waals surface area (Å²) < 4.78 is 5.30. The van der Waals surface area contributed by atoms with E-state index in [0.29, 0.717) is 12.2 Å². The molecule has 0 spiro atoms. The Labute approximate surface area is 129 Å². The fourth-order valence-corrected chi connectivity index (χ4v) is 2.43. The third kappa shape index (κ3) is 8.54. The van der Waals surface area contributed by atoms with Crippen molar-refractivity contribution in [1.82, 2.24) is 0 Å². The molecule has 0 saturated heterocycles. The Hall–Kier alpha value is -1.31. The third-order valence-electron chi connectivity index (χ3n) is 3.73. The van der Waals surface area contributed by atoms with Crippen LogP contribution in [0.15, 0.2) is 24.3 Å². The highest BCUT2D eigenvalue weighted by molar-refractivity contribution is 5.89. The van der Waals surface area contributed by atoms with E-state index in [0.717, 1.165) is 18.4 Å². The van der Waals surface area contributed by atoms with Gasteiger partial charge in [-0.2, -0.15) is 0 Å². The highest BCUT2D eigenvalue weighted by Gasteiger charge is 2.06. The molecule has 1 aromatic carbocycles. The average Bonchev–Trinajstić information content (AvgIpc) is 2.49. The van der Waals surface area contributed by atoms with Crippen LogP contribution in [0.1, 0.15) is 80.6 Å². The van der Waals surface area contributed by atoms with E-state index in [4.69, 9.17) is 4.74 Å². The molecule has 0 radical (unpaired) electrons. The van der Waals surface area contributed by atoms with E-state index in [1.807, 2.05) is 31.2 Å². The lowest BCUT2D eigenvalue weighted by Gasteiger charge is -2.05. The number of ether oxygens (including phenoxy) is 1. The van der Waals surface area contributed by atoms with Gasteiger partial charge in [0, 0.05) is 0 Å². The molecular weight excluding hydrogens is 260 g/mol. The van der Waals surface area contributed by atoms with Crippen molar-refractivity contribution in [2.75, 3.05) is 6.61 Å². The normalized spacial score (nSPS) is 10.6. The maximum absolute atomic E-state index is 11.8. The first-order chi connectivity index (χ1) is 10.2. The van der Waals surface area contributed by atoms with Crippen molar-refractivity contribution in [3.05, 3.63) is 35.4 Å². The molecule has 0 aliphatic carbocycles. The van der Waals surface area contributed by atoms with Gasteiger partial charge in [-0.3, -0.25) is 0 Å². The van der Waals surface area contributed by atoms with Crippen LogP contribution >= 0.6 is 0 Å². The van der Waals surface area contributed by atoms with Crippen LogP contribution < -0.4 is 0 Å². The topological polar surface area (TPSA) is 26.3 Å². The van der Waals surface area contributed by atoms with Crippen molar-refractivity contribution in [2.45, 2.75) is 71.6 Å². The van der Waals surface area contributed by atoms with E-state index in [1.165, 1.54) is 44.9 Å². The number of carbonyl (C=O) groups excluding carboxylic acids is 1. The van der Waals surface area contributed by atoms with Gasteiger partial charge in [0.15, 0.2) is 0 Å². The number of carbonyl (C=O) groups is 1. The number of rotatable bonds is 11. The molecule has 0 aliphatic rings. The molecule has 0 aromatic heterocycles. The number of hydrogen-bond donors (Lipinski definition) is 0. The first-order valence-electron chi connectivity index (χ1n) is 8.48. The lowest BCUT2D eigenvalue weighted by molar-refractivity contribution is 0.0497. The SMILES string of the molecule is CCCCCCCCCCCOC(=O)c1cccc(C)c1. The molecule has 0 saturated carbocycles. The van der Waals surface area contributed by atoms with Crippen LogP contribution in [0.3, 0.4) is 0 Å². The summed E-state index contributed by atoms with van der Waals surface area (Å²) in [4.78, 5) is 11.8. The first-order valence-corrected chi connectivity index (χ1v) is 8.48. The van der Waals surface area contributed by atoms with Gasteiger partial charge in [-0.15, -0.1) is 0 Å². The minimum Gasteiger partial charge on any atom is -0.462 e. The minimum absolute atomic E-state index is 0.196. The molecule has 2 heteroatoms. The second kappa shape index (κ2) is 11.4. The van der Waals surface area contributed by atoms with Crippen LogP contribution in [0, 0.1) is 6.92 Å². The number of hydrogen-bond acceptors (Lipinski definition) is 2. The van der Waals surface area contributed by atoms with Crippen molar-refractivity contribution >= 4 is 5.97 Å². The Balaban J connectivity index is 1.98. The molecule has 0 N–H and O–H groups in total. The van der Waals surface area contributed by atoms with E-state index in [1.54, 1.807) is 0 Å². The van der Waals surface area contributed by atoms with Crippen molar-refractivity contribution < 1.29 is 9.53 Å². The predicted molar refractivity (Wildman–Crippen MR) is 88.7 cm³/mol. The summed E-state index contributed by atoms with van der Waals surface area (Å²) in [5.41, 5.74) is 1.75. The molecule has 0 heterocycles. The standard InChI is InChI=1S/C19H30O2/c1-3-4-5-6-7-8-9-10-11-15-21-19(20)18-14-12-13-17(2)16-18/h12-14,16H,3-11,15H2,1-2H3. The molecule has 1 rings (SSSR count). The molecule has 0 unspecified atom stereocenters. The summed E-state index contributed by atoms with van der Waals surface area (Å²) in [7, 11) is 0. The van der Waals surface area contributed by atoms with E-state index in [-0.39, 0.29) is 5.97 Å². The van der Waals surface area contributed by atoms with E-state index >= 15 is 0 Å². The summed E-state index contributed by atoms with van der Waals surface area (Å²) in [6, 6.07) is 7.56. The minimum atomic E-state index is -0.196. The highest BCUT2D eigenvalue weighted by Crippen LogP contribution is 2.10. The van der Waals surface area contributed by atoms with Gasteiger partial charge in [0.05, 0.1) is 12.2 Å². The van der Waals surface area contributed by atoms with Crippen LogP contribution in [0.2, 0.25) is 0 Å². The lowest BCUT2D eigenvalue weighted by atomic mass is 10.1. The van der Waals surface area contributed by atoms with Gasteiger partial charge in [-0.1, -0.05) is 76.0 Å². The van der Waals surface area contributed by atoms with Crippen LogP contribution in [0.4, 0.5) is 0 Å². The Morgan fingerprint density at radius 3 is 2.19 bits per heavy atom. The Morgan fingerprint density at radius 1 is 0.952 bits per heavy atom. The van der Waals surface area contributed by atoms with Crippen molar-refractivity contribution in [1.29, 1.82) is 0 Å². The molecule has 0 aliphatic heterocycles. The average molecular weight is 290 g/mol. The summed E-state index contributed by atoms with van der Waals surface area (Å²) in [6.07, 6.45) is 11.5. The Bertz CT molecular complexity index is 398. The molecule has 0 atom stereocenters. The van der Waals surface area contributed by atoms with Crippen LogP contribution in [-0.4, -0.2) is 12.6 Å². The van der Waals surface area contributed by atoms with Crippen LogP contribution in [-0.2, 0) is 4.74 Å². The zero-order chi connectivity index (χ0) is 15.3. The lowest BCUT2D eigenvalue weighted by Crippen LogP contribution is -2.06. The quantitative estimate of drug-likeness (QED) is 0.387. The van der Waals surface area contributed by atoms with Gasteiger partial charge in [0.1, 0.15) is 0 Å².